The molecule has 5 heteroatoms. The van der Waals surface area contributed by atoms with Gasteiger partial charge in [0.2, 0.25) is 5.91 Å². The molecule has 1 aliphatic rings. The molecule has 1 atom stereocenters. The van der Waals surface area contributed by atoms with Gasteiger partial charge in [0, 0.05) is 23.1 Å². The highest BCUT2D eigenvalue weighted by atomic mass is 79.9. The molecule has 1 fully saturated rings. The number of rotatable bonds is 9. The Bertz CT molecular complexity index is 1060. The number of hydrogen-bond donors (Lipinski definition) is 1. The van der Waals surface area contributed by atoms with Gasteiger partial charge in [-0.1, -0.05) is 82.7 Å². The normalized spacial score (nSPS) is 17.0. The van der Waals surface area contributed by atoms with E-state index in [9.17, 15) is 4.79 Å². The van der Waals surface area contributed by atoms with Crippen LogP contribution in [0.1, 0.15) is 44.2 Å². The Labute approximate surface area is 211 Å². The van der Waals surface area contributed by atoms with Gasteiger partial charge in [0.1, 0.15) is 11.9 Å². The molecule has 0 bridgehead atoms. The van der Waals surface area contributed by atoms with Gasteiger partial charge in [0.25, 0.3) is 0 Å². The van der Waals surface area contributed by atoms with E-state index in [0.717, 1.165) is 47.3 Å². The zero-order chi connectivity index (χ0) is 24.2. The third-order valence-electron chi connectivity index (χ3n) is 7.17. The summed E-state index contributed by atoms with van der Waals surface area (Å²) < 4.78 is 7.28. The van der Waals surface area contributed by atoms with Crippen molar-refractivity contribution >= 4 is 21.8 Å². The van der Waals surface area contributed by atoms with Crippen LogP contribution in [0, 0.1) is 0 Å². The number of carbonyl (C=O) groups is 1. The smallest absolute Gasteiger partial charge is 0.232 e. The minimum atomic E-state index is -0.869. The molecule has 4 rings (SSSR count). The number of halogens is 1. The van der Waals surface area contributed by atoms with Crippen molar-refractivity contribution in [1.82, 2.24) is 4.90 Å². The summed E-state index contributed by atoms with van der Waals surface area (Å²) in [5.74, 6) is 0.581. The summed E-state index contributed by atoms with van der Waals surface area (Å²) in [5, 5.41) is 0. The number of carbonyl (C=O) groups excluding carboxylic acids is 1. The summed E-state index contributed by atoms with van der Waals surface area (Å²) in [6.07, 6.45) is 2.59. The summed E-state index contributed by atoms with van der Waals surface area (Å²) >= 11 is 3.52. The van der Waals surface area contributed by atoms with Crippen LogP contribution in [0.15, 0.2) is 89.4 Å². The first-order valence-electron chi connectivity index (χ1n) is 11.9. The first kappa shape index (κ1) is 24.5. The third kappa shape index (κ3) is 5.21. The molecule has 34 heavy (non-hydrogen) atoms. The van der Waals surface area contributed by atoms with Gasteiger partial charge in [0.15, 0.2) is 0 Å². The molecule has 0 aromatic heterocycles. The maximum absolute atomic E-state index is 13.1. The second-order valence-corrected chi connectivity index (χ2v) is 10.7. The Kier molecular flexibility index (Phi) is 7.44. The molecule has 178 valence electrons. The van der Waals surface area contributed by atoms with Crippen molar-refractivity contribution in [2.75, 3.05) is 13.1 Å². The number of likely N-dealkylation sites (tertiary alicyclic amines) is 1. The Balaban J connectivity index is 1.52. The van der Waals surface area contributed by atoms with Crippen LogP contribution < -0.4 is 10.5 Å². The molecule has 3 aromatic rings. The second kappa shape index (κ2) is 10.3. The van der Waals surface area contributed by atoms with E-state index >= 15 is 0 Å². The Morgan fingerprint density at radius 2 is 1.59 bits per heavy atom. The van der Waals surface area contributed by atoms with E-state index in [1.54, 1.807) is 0 Å². The van der Waals surface area contributed by atoms with Crippen LogP contribution in [0.25, 0.3) is 0 Å². The molecule has 1 heterocycles. The summed E-state index contributed by atoms with van der Waals surface area (Å²) in [5.41, 5.74) is 7.07. The lowest BCUT2D eigenvalue weighted by Crippen LogP contribution is -2.47. The molecule has 1 saturated heterocycles. The highest BCUT2D eigenvalue weighted by Gasteiger charge is 2.43. The molecule has 0 saturated carbocycles. The van der Waals surface area contributed by atoms with Gasteiger partial charge in [-0.15, -0.1) is 0 Å². The number of benzene rings is 3. The number of amides is 1. The molecule has 3 aromatic carbocycles. The minimum absolute atomic E-state index is 0.111. The monoisotopic (exact) mass is 520 g/mol. The SMILES string of the molecule is CC(C)(CCC(C(N)=O)(c1ccccc1)c1ccccc1)N1CC[C@H](Oc2cccc(Br)c2)C1. The highest BCUT2D eigenvalue weighted by Crippen LogP contribution is 2.40. The first-order chi connectivity index (χ1) is 16.3. The third-order valence-corrected chi connectivity index (χ3v) is 7.66. The summed E-state index contributed by atoms with van der Waals surface area (Å²) in [7, 11) is 0. The lowest BCUT2D eigenvalue weighted by atomic mass is 9.69. The average molecular weight is 521 g/mol. The van der Waals surface area contributed by atoms with Crippen LogP contribution in [0.4, 0.5) is 0 Å². The largest absolute Gasteiger partial charge is 0.489 e. The quantitative estimate of drug-likeness (QED) is 0.380. The fourth-order valence-electron chi connectivity index (χ4n) is 5.07. The molecule has 1 aliphatic heterocycles. The standard InChI is InChI=1S/C29H33BrN2O2/c1-28(2,32-19-16-26(21-32)34-25-15-9-14-24(30)20-25)17-18-29(27(31)33,22-10-5-3-6-11-22)23-12-7-4-8-13-23/h3-15,20,26H,16-19,21H2,1-2H3,(H2,31,33)/t26-/m0/s1. The highest BCUT2D eigenvalue weighted by molar-refractivity contribution is 9.10. The predicted molar refractivity (Wildman–Crippen MR) is 141 cm³/mol. The number of hydrogen-bond acceptors (Lipinski definition) is 3. The molecule has 0 radical (unpaired) electrons. The molecule has 4 nitrogen and oxygen atoms in total. The summed E-state index contributed by atoms with van der Waals surface area (Å²) in [4.78, 5) is 15.6. The molecule has 1 amide bonds. The molecule has 0 spiro atoms. The lowest BCUT2D eigenvalue weighted by molar-refractivity contribution is -0.122. The Morgan fingerprint density at radius 3 is 2.15 bits per heavy atom. The second-order valence-electron chi connectivity index (χ2n) is 9.75. The van der Waals surface area contributed by atoms with Crippen LogP contribution in [-0.2, 0) is 10.2 Å². The van der Waals surface area contributed by atoms with Gasteiger partial charge in [-0.3, -0.25) is 9.69 Å². The van der Waals surface area contributed by atoms with Crippen LogP contribution in [0.3, 0.4) is 0 Å². The molecule has 2 N–H and O–H groups in total. The fourth-order valence-corrected chi connectivity index (χ4v) is 5.45. The van der Waals surface area contributed by atoms with E-state index in [2.05, 4.69) is 34.7 Å². The number of nitrogens with two attached hydrogens (primary N) is 1. The molecule has 0 unspecified atom stereocenters. The number of ether oxygens (including phenoxy) is 1. The predicted octanol–water partition coefficient (Wildman–Crippen LogP) is 5.93. The fraction of sp³-hybridized carbons (Fsp3) is 0.345. The van der Waals surface area contributed by atoms with Gasteiger partial charge in [-0.2, -0.15) is 0 Å². The zero-order valence-electron chi connectivity index (χ0n) is 19.9. The van der Waals surface area contributed by atoms with Gasteiger partial charge in [0.05, 0.1) is 5.41 Å². The van der Waals surface area contributed by atoms with E-state index in [4.69, 9.17) is 10.5 Å². The lowest BCUT2D eigenvalue weighted by Gasteiger charge is -2.40. The van der Waals surface area contributed by atoms with Gasteiger partial charge in [-0.05, 0) is 62.4 Å². The van der Waals surface area contributed by atoms with Crippen molar-refractivity contribution in [3.8, 4) is 5.75 Å². The Hall–Kier alpha value is -2.63. The van der Waals surface area contributed by atoms with E-state index in [-0.39, 0.29) is 17.6 Å². The van der Waals surface area contributed by atoms with Crippen LogP contribution >= 0.6 is 15.9 Å². The van der Waals surface area contributed by atoms with Crippen molar-refractivity contribution in [2.24, 2.45) is 5.73 Å². The van der Waals surface area contributed by atoms with E-state index in [1.165, 1.54) is 0 Å². The van der Waals surface area contributed by atoms with E-state index in [0.29, 0.717) is 6.42 Å². The zero-order valence-corrected chi connectivity index (χ0v) is 21.5. The van der Waals surface area contributed by atoms with Crippen LogP contribution in [0.5, 0.6) is 5.75 Å². The number of nitrogens with zero attached hydrogens (tertiary/aromatic N) is 1. The van der Waals surface area contributed by atoms with Crippen molar-refractivity contribution in [3.63, 3.8) is 0 Å². The Morgan fingerprint density at radius 1 is 0.971 bits per heavy atom. The van der Waals surface area contributed by atoms with Crippen molar-refractivity contribution < 1.29 is 9.53 Å². The average Bonchev–Trinajstić information content (AvgIpc) is 3.30. The maximum atomic E-state index is 13.1. The molecule has 0 aliphatic carbocycles. The van der Waals surface area contributed by atoms with Gasteiger partial charge < -0.3 is 10.5 Å². The van der Waals surface area contributed by atoms with Gasteiger partial charge >= 0.3 is 0 Å². The molecular weight excluding hydrogens is 488 g/mol. The maximum Gasteiger partial charge on any atom is 0.232 e. The van der Waals surface area contributed by atoms with Crippen molar-refractivity contribution in [2.45, 2.75) is 50.2 Å². The number of primary amides is 1. The molecular formula is C29H33BrN2O2. The van der Waals surface area contributed by atoms with Crippen LogP contribution in [0.2, 0.25) is 0 Å². The first-order valence-corrected chi connectivity index (χ1v) is 12.7. The van der Waals surface area contributed by atoms with E-state index in [1.807, 2.05) is 84.9 Å². The van der Waals surface area contributed by atoms with E-state index < -0.39 is 5.41 Å². The van der Waals surface area contributed by atoms with Crippen LogP contribution in [-0.4, -0.2) is 35.5 Å². The minimum Gasteiger partial charge on any atom is -0.489 e. The summed E-state index contributed by atoms with van der Waals surface area (Å²) in [6.45, 7) is 6.35. The topological polar surface area (TPSA) is 55.6 Å². The van der Waals surface area contributed by atoms with Gasteiger partial charge in [-0.25, -0.2) is 0 Å². The van der Waals surface area contributed by atoms with Crippen molar-refractivity contribution in [1.29, 1.82) is 0 Å². The summed E-state index contributed by atoms with van der Waals surface area (Å²) in [6, 6.07) is 27.9. The van der Waals surface area contributed by atoms with Crippen molar-refractivity contribution in [3.05, 3.63) is 101 Å².